The molecule has 1 aromatic carbocycles. The van der Waals surface area contributed by atoms with E-state index in [0.717, 1.165) is 37.3 Å². The fraction of sp³-hybridized carbons (Fsp3) is 0.353. The van der Waals surface area contributed by atoms with E-state index in [-0.39, 0.29) is 5.69 Å². The number of aryl methyl sites for hydroxylation is 1. The van der Waals surface area contributed by atoms with Crippen LogP contribution in [0, 0.1) is 17.0 Å². The third kappa shape index (κ3) is 3.62. The highest BCUT2D eigenvalue weighted by Crippen LogP contribution is 2.28. The fourth-order valence-corrected chi connectivity index (χ4v) is 2.65. The molecule has 0 amide bonds. The van der Waals surface area contributed by atoms with Crippen LogP contribution in [0.4, 0.5) is 5.69 Å². The van der Waals surface area contributed by atoms with Crippen LogP contribution in [-0.4, -0.2) is 54.3 Å². The van der Waals surface area contributed by atoms with Crippen molar-refractivity contribution < 1.29 is 9.34 Å². The van der Waals surface area contributed by atoms with Crippen LogP contribution in [0.2, 0.25) is 0 Å². The quantitative estimate of drug-likeness (QED) is 0.490. The minimum absolute atomic E-state index is 0.0830. The minimum atomic E-state index is -0.396. The fourth-order valence-electron chi connectivity index (χ4n) is 2.65. The molecule has 0 N–H and O–H groups in total. The number of nitrogens with zero attached hydrogens (tertiary/aromatic N) is 4. The van der Waals surface area contributed by atoms with E-state index in [9.17, 15) is 10.1 Å². The summed E-state index contributed by atoms with van der Waals surface area (Å²) in [6, 6.07) is 8.47. The average molecular weight is 328 g/mol. The molecule has 2 heterocycles. The van der Waals surface area contributed by atoms with Crippen LogP contribution in [0.1, 0.15) is 11.3 Å². The molecular formula is C17H20N4O3. The number of nitro benzene ring substituents is 1. The molecule has 0 spiro atoms. The van der Waals surface area contributed by atoms with Gasteiger partial charge in [-0.15, -0.1) is 0 Å². The Morgan fingerprint density at radius 3 is 2.62 bits per heavy atom. The van der Waals surface area contributed by atoms with Crippen molar-refractivity contribution in [2.75, 3.05) is 33.2 Å². The zero-order chi connectivity index (χ0) is 17.1. The number of non-ortho nitro benzene ring substituents is 1. The first-order valence-electron chi connectivity index (χ1n) is 7.85. The van der Waals surface area contributed by atoms with Gasteiger partial charge in [0.15, 0.2) is 0 Å². The summed E-state index contributed by atoms with van der Waals surface area (Å²) in [6.07, 6.45) is 1.72. The molecule has 1 aromatic heterocycles. The second-order valence-corrected chi connectivity index (χ2v) is 5.96. The van der Waals surface area contributed by atoms with E-state index in [4.69, 9.17) is 4.42 Å². The van der Waals surface area contributed by atoms with Crippen LogP contribution in [0.5, 0.6) is 0 Å². The molecule has 1 aliphatic rings. The number of furan rings is 1. The summed E-state index contributed by atoms with van der Waals surface area (Å²) in [6.45, 7) is 5.65. The number of rotatable bonds is 4. The maximum absolute atomic E-state index is 10.8. The van der Waals surface area contributed by atoms with Crippen molar-refractivity contribution in [1.82, 2.24) is 9.91 Å². The summed E-state index contributed by atoms with van der Waals surface area (Å²) in [5.41, 5.74) is 1.74. The molecule has 0 unspecified atom stereocenters. The number of hydrogen-bond acceptors (Lipinski definition) is 6. The normalized spacial score (nSPS) is 16.0. The lowest BCUT2D eigenvalue weighted by atomic mass is 10.1. The largest absolute Gasteiger partial charge is 0.455 e. The Kier molecular flexibility index (Phi) is 4.61. The lowest BCUT2D eigenvalue weighted by molar-refractivity contribution is -0.384. The second-order valence-electron chi connectivity index (χ2n) is 5.96. The van der Waals surface area contributed by atoms with Gasteiger partial charge in [-0.1, -0.05) is 0 Å². The van der Waals surface area contributed by atoms with Crippen molar-refractivity contribution in [2.45, 2.75) is 6.92 Å². The molecule has 24 heavy (non-hydrogen) atoms. The van der Waals surface area contributed by atoms with Crippen LogP contribution in [0.25, 0.3) is 11.3 Å². The summed E-state index contributed by atoms with van der Waals surface area (Å²) < 4.78 is 5.81. The van der Waals surface area contributed by atoms with Crippen molar-refractivity contribution in [2.24, 2.45) is 5.10 Å². The monoisotopic (exact) mass is 328 g/mol. The maximum atomic E-state index is 10.8. The topological polar surface area (TPSA) is 75.1 Å². The lowest BCUT2D eigenvalue weighted by Crippen LogP contribution is -2.41. The van der Waals surface area contributed by atoms with Crippen LogP contribution in [-0.2, 0) is 0 Å². The molecule has 2 aromatic rings. The zero-order valence-electron chi connectivity index (χ0n) is 13.8. The first kappa shape index (κ1) is 16.2. The summed E-state index contributed by atoms with van der Waals surface area (Å²) in [5.74, 6) is 1.35. The Morgan fingerprint density at radius 1 is 1.21 bits per heavy atom. The Hall–Kier alpha value is -2.67. The Bertz CT molecular complexity index is 761. The molecule has 0 saturated carbocycles. The average Bonchev–Trinajstić information content (AvgIpc) is 3.03. The molecule has 1 saturated heterocycles. The van der Waals surface area contributed by atoms with Gasteiger partial charge in [0.2, 0.25) is 0 Å². The molecule has 126 valence electrons. The first-order chi connectivity index (χ1) is 11.5. The third-order valence-electron chi connectivity index (χ3n) is 4.14. The number of benzene rings is 1. The van der Waals surface area contributed by atoms with Crippen molar-refractivity contribution in [3.05, 3.63) is 51.8 Å². The van der Waals surface area contributed by atoms with E-state index in [1.165, 1.54) is 6.07 Å². The molecule has 0 atom stereocenters. The SMILES string of the molecule is Cc1cc([N+](=O)[O-])ccc1-c1ccc(C=NN2CCN(C)CC2)o1. The highest BCUT2D eigenvalue weighted by Gasteiger charge is 2.13. The minimum Gasteiger partial charge on any atom is -0.455 e. The van der Waals surface area contributed by atoms with Gasteiger partial charge in [-0.3, -0.25) is 15.1 Å². The second kappa shape index (κ2) is 6.84. The van der Waals surface area contributed by atoms with E-state index in [1.54, 1.807) is 18.3 Å². The van der Waals surface area contributed by atoms with E-state index < -0.39 is 4.92 Å². The predicted molar refractivity (Wildman–Crippen MR) is 92.2 cm³/mol. The number of hydrogen-bond donors (Lipinski definition) is 0. The van der Waals surface area contributed by atoms with Gasteiger partial charge in [-0.2, -0.15) is 5.10 Å². The molecule has 3 rings (SSSR count). The van der Waals surface area contributed by atoms with Gasteiger partial charge in [0.25, 0.3) is 5.69 Å². The molecular weight excluding hydrogens is 308 g/mol. The summed E-state index contributed by atoms with van der Waals surface area (Å²) >= 11 is 0. The van der Waals surface area contributed by atoms with Gasteiger partial charge in [0, 0.05) is 43.9 Å². The summed E-state index contributed by atoms with van der Waals surface area (Å²) in [5, 5.41) is 17.3. The Labute approximate surface area is 140 Å². The van der Waals surface area contributed by atoms with Gasteiger partial charge >= 0.3 is 0 Å². The highest BCUT2D eigenvalue weighted by atomic mass is 16.6. The predicted octanol–water partition coefficient (Wildman–Crippen LogP) is 2.74. The van der Waals surface area contributed by atoms with Crippen molar-refractivity contribution >= 4 is 11.9 Å². The van der Waals surface area contributed by atoms with E-state index in [0.29, 0.717) is 11.5 Å². The molecule has 7 nitrogen and oxygen atoms in total. The van der Waals surface area contributed by atoms with Crippen molar-refractivity contribution in [3.8, 4) is 11.3 Å². The number of piperazine rings is 1. The molecule has 1 fully saturated rings. The van der Waals surface area contributed by atoms with Crippen LogP contribution < -0.4 is 0 Å². The molecule has 7 heteroatoms. The Morgan fingerprint density at radius 2 is 1.96 bits per heavy atom. The standard InChI is InChI=1S/C17H20N4O3/c1-13-11-14(21(22)23)3-5-16(13)17-6-4-15(24-17)12-18-20-9-7-19(2)8-10-20/h3-6,11-12H,7-10H2,1-2H3. The molecule has 1 aliphatic heterocycles. The van der Waals surface area contributed by atoms with Crippen LogP contribution >= 0.6 is 0 Å². The summed E-state index contributed by atoms with van der Waals surface area (Å²) in [4.78, 5) is 12.7. The first-order valence-corrected chi connectivity index (χ1v) is 7.85. The third-order valence-corrected chi connectivity index (χ3v) is 4.14. The van der Waals surface area contributed by atoms with Gasteiger partial charge in [-0.25, -0.2) is 0 Å². The highest BCUT2D eigenvalue weighted by molar-refractivity contribution is 5.77. The van der Waals surface area contributed by atoms with E-state index in [2.05, 4.69) is 17.0 Å². The molecule has 0 aliphatic carbocycles. The van der Waals surface area contributed by atoms with Crippen LogP contribution in [0.15, 0.2) is 39.9 Å². The van der Waals surface area contributed by atoms with E-state index >= 15 is 0 Å². The maximum Gasteiger partial charge on any atom is 0.269 e. The van der Waals surface area contributed by atoms with Crippen LogP contribution in [0.3, 0.4) is 0 Å². The van der Waals surface area contributed by atoms with Crippen molar-refractivity contribution in [3.63, 3.8) is 0 Å². The van der Waals surface area contributed by atoms with Gasteiger partial charge in [0.05, 0.1) is 11.1 Å². The zero-order valence-corrected chi connectivity index (χ0v) is 13.8. The smallest absolute Gasteiger partial charge is 0.269 e. The Balaban J connectivity index is 1.72. The van der Waals surface area contributed by atoms with Crippen molar-refractivity contribution in [1.29, 1.82) is 0 Å². The van der Waals surface area contributed by atoms with Gasteiger partial charge < -0.3 is 9.32 Å². The van der Waals surface area contributed by atoms with E-state index in [1.807, 2.05) is 24.1 Å². The summed E-state index contributed by atoms with van der Waals surface area (Å²) in [7, 11) is 2.10. The number of likely N-dealkylation sites (N-methyl/N-ethyl adjacent to an activating group) is 1. The lowest BCUT2D eigenvalue weighted by Gasteiger charge is -2.30. The van der Waals surface area contributed by atoms with Gasteiger partial charge in [-0.05, 0) is 37.7 Å². The molecule has 0 radical (unpaired) electrons. The van der Waals surface area contributed by atoms with Gasteiger partial charge in [0.1, 0.15) is 11.5 Å². The number of hydrazone groups is 1. The molecule has 0 bridgehead atoms. The number of nitro groups is 1.